The molecule has 1 amide bonds. The summed E-state index contributed by atoms with van der Waals surface area (Å²) in [7, 11) is 1.79. The van der Waals surface area contributed by atoms with E-state index in [2.05, 4.69) is 24.3 Å². The van der Waals surface area contributed by atoms with Crippen LogP contribution in [0.3, 0.4) is 0 Å². The molecule has 5 nitrogen and oxygen atoms in total. The standard InChI is InChI=1S/C15H20N4O/c1-10(2)9-19(3)15(20)13-8-11-6-4-5-7-12(11)14(17-13)18-16/h4-8,10H,9,16H2,1-3H3,(H,17,18). The zero-order chi connectivity index (χ0) is 14.7. The minimum atomic E-state index is -0.0963. The number of nitrogens with two attached hydrogens (primary N) is 1. The zero-order valence-corrected chi connectivity index (χ0v) is 12.1. The summed E-state index contributed by atoms with van der Waals surface area (Å²) in [6, 6.07) is 9.50. The molecule has 0 spiro atoms. The van der Waals surface area contributed by atoms with Crippen molar-refractivity contribution in [3.05, 3.63) is 36.0 Å². The number of benzene rings is 1. The lowest BCUT2D eigenvalue weighted by atomic mass is 10.1. The number of aromatic nitrogens is 1. The molecule has 1 aromatic carbocycles. The lowest BCUT2D eigenvalue weighted by Crippen LogP contribution is -2.31. The Morgan fingerprint density at radius 3 is 2.75 bits per heavy atom. The zero-order valence-electron chi connectivity index (χ0n) is 12.1. The summed E-state index contributed by atoms with van der Waals surface area (Å²) < 4.78 is 0. The van der Waals surface area contributed by atoms with Crippen LogP contribution < -0.4 is 11.3 Å². The van der Waals surface area contributed by atoms with Crippen LogP contribution in [0.15, 0.2) is 30.3 Å². The van der Waals surface area contributed by atoms with Crippen LogP contribution >= 0.6 is 0 Å². The van der Waals surface area contributed by atoms with Gasteiger partial charge in [-0.1, -0.05) is 38.1 Å². The summed E-state index contributed by atoms with van der Waals surface area (Å²) in [5.74, 6) is 6.34. The van der Waals surface area contributed by atoms with Gasteiger partial charge >= 0.3 is 0 Å². The van der Waals surface area contributed by atoms with Crippen LogP contribution in [0, 0.1) is 5.92 Å². The van der Waals surface area contributed by atoms with Gasteiger partial charge < -0.3 is 10.3 Å². The first-order chi connectivity index (χ1) is 9.52. The quantitative estimate of drug-likeness (QED) is 0.661. The minimum absolute atomic E-state index is 0.0963. The molecule has 0 fully saturated rings. The molecule has 0 aliphatic heterocycles. The van der Waals surface area contributed by atoms with Gasteiger partial charge in [0.2, 0.25) is 0 Å². The van der Waals surface area contributed by atoms with E-state index in [0.717, 1.165) is 10.8 Å². The van der Waals surface area contributed by atoms with Crippen LogP contribution in [0.25, 0.3) is 10.8 Å². The Hall–Kier alpha value is -2.14. The fourth-order valence-electron chi connectivity index (χ4n) is 2.24. The first-order valence-electron chi connectivity index (χ1n) is 6.64. The second kappa shape index (κ2) is 5.88. The fraction of sp³-hybridized carbons (Fsp3) is 0.333. The molecular weight excluding hydrogens is 252 g/mol. The number of rotatable bonds is 4. The summed E-state index contributed by atoms with van der Waals surface area (Å²) in [6.07, 6.45) is 0. The monoisotopic (exact) mass is 272 g/mol. The van der Waals surface area contributed by atoms with Crippen molar-refractivity contribution >= 4 is 22.5 Å². The van der Waals surface area contributed by atoms with Crippen LogP contribution in [0.5, 0.6) is 0 Å². The van der Waals surface area contributed by atoms with Crippen molar-refractivity contribution in [3.63, 3.8) is 0 Å². The van der Waals surface area contributed by atoms with Crippen molar-refractivity contribution in [3.8, 4) is 0 Å². The van der Waals surface area contributed by atoms with Crippen LogP contribution in [0.2, 0.25) is 0 Å². The van der Waals surface area contributed by atoms with Crippen LogP contribution in [0.1, 0.15) is 24.3 Å². The van der Waals surface area contributed by atoms with E-state index in [1.54, 1.807) is 18.0 Å². The van der Waals surface area contributed by atoms with E-state index >= 15 is 0 Å². The maximum Gasteiger partial charge on any atom is 0.272 e. The third-order valence-electron chi connectivity index (χ3n) is 3.08. The second-order valence-corrected chi connectivity index (χ2v) is 5.30. The summed E-state index contributed by atoms with van der Waals surface area (Å²) in [6.45, 7) is 4.84. The first-order valence-corrected chi connectivity index (χ1v) is 6.64. The molecule has 3 N–H and O–H groups in total. The summed E-state index contributed by atoms with van der Waals surface area (Å²) in [4.78, 5) is 18.4. The van der Waals surface area contributed by atoms with Gasteiger partial charge in [-0.25, -0.2) is 10.8 Å². The molecule has 0 aliphatic carbocycles. The molecule has 0 bridgehead atoms. The lowest BCUT2D eigenvalue weighted by Gasteiger charge is -2.19. The maximum absolute atomic E-state index is 12.4. The highest BCUT2D eigenvalue weighted by molar-refractivity contribution is 6.00. The van der Waals surface area contributed by atoms with Gasteiger partial charge in [0.05, 0.1) is 0 Å². The Bertz CT molecular complexity index is 624. The van der Waals surface area contributed by atoms with E-state index in [1.165, 1.54) is 0 Å². The molecule has 106 valence electrons. The van der Waals surface area contributed by atoms with Gasteiger partial charge in [-0.05, 0) is 17.4 Å². The van der Waals surface area contributed by atoms with Gasteiger partial charge in [0, 0.05) is 19.0 Å². The molecule has 1 aromatic heterocycles. The Balaban J connectivity index is 2.42. The largest absolute Gasteiger partial charge is 0.340 e. The normalized spacial score (nSPS) is 10.8. The lowest BCUT2D eigenvalue weighted by molar-refractivity contribution is 0.0773. The van der Waals surface area contributed by atoms with E-state index in [9.17, 15) is 4.79 Å². The molecule has 0 atom stereocenters. The van der Waals surface area contributed by atoms with Crippen molar-refractivity contribution in [1.82, 2.24) is 9.88 Å². The van der Waals surface area contributed by atoms with Gasteiger partial charge in [0.25, 0.3) is 5.91 Å². The second-order valence-electron chi connectivity index (χ2n) is 5.30. The average Bonchev–Trinajstić information content (AvgIpc) is 2.44. The maximum atomic E-state index is 12.4. The number of carbonyl (C=O) groups excluding carboxylic acids is 1. The van der Waals surface area contributed by atoms with Gasteiger partial charge in [-0.3, -0.25) is 4.79 Å². The van der Waals surface area contributed by atoms with Crippen molar-refractivity contribution in [2.75, 3.05) is 19.0 Å². The van der Waals surface area contributed by atoms with E-state index < -0.39 is 0 Å². The molecule has 1 heterocycles. The molecule has 0 radical (unpaired) electrons. The smallest absolute Gasteiger partial charge is 0.272 e. The Kier molecular flexibility index (Phi) is 4.20. The topological polar surface area (TPSA) is 71.2 Å². The number of carbonyl (C=O) groups is 1. The highest BCUT2D eigenvalue weighted by Crippen LogP contribution is 2.22. The molecule has 0 saturated heterocycles. The predicted molar refractivity (Wildman–Crippen MR) is 81.4 cm³/mol. The molecular formula is C15H20N4O. The van der Waals surface area contributed by atoms with Crippen LogP contribution in [-0.4, -0.2) is 29.4 Å². The third kappa shape index (κ3) is 2.88. The van der Waals surface area contributed by atoms with Gasteiger partial charge in [0.1, 0.15) is 11.5 Å². The number of nitrogens with one attached hydrogen (secondary N) is 1. The minimum Gasteiger partial charge on any atom is -0.340 e. The van der Waals surface area contributed by atoms with Crippen molar-refractivity contribution in [2.24, 2.45) is 11.8 Å². The van der Waals surface area contributed by atoms with Gasteiger partial charge in [-0.2, -0.15) is 0 Å². The van der Waals surface area contributed by atoms with E-state index in [-0.39, 0.29) is 5.91 Å². The SMILES string of the molecule is CC(C)CN(C)C(=O)c1cc2ccccc2c(NN)n1. The summed E-state index contributed by atoms with van der Waals surface area (Å²) in [5.41, 5.74) is 2.97. The average molecular weight is 272 g/mol. The Morgan fingerprint density at radius 2 is 2.10 bits per heavy atom. The number of amides is 1. The molecule has 2 aromatic rings. The van der Waals surface area contributed by atoms with Crippen LogP contribution in [-0.2, 0) is 0 Å². The number of hydrazine groups is 1. The number of pyridine rings is 1. The summed E-state index contributed by atoms with van der Waals surface area (Å²) >= 11 is 0. The Labute approximate surface area is 118 Å². The molecule has 0 aliphatic rings. The fourth-order valence-corrected chi connectivity index (χ4v) is 2.24. The van der Waals surface area contributed by atoms with Crippen LogP contribution in [0.4, 0.5) is 5.82 Å². The van der Waals surface area contributed by atoms with Crippen molar-refractivity contribution < 1.29 is 4.79 Å². The van der Waals surface area contributed by atoms with Crippen molar-refractivity contribution in [2.45, 2.75) is 13.8 Å². The number of nitrogen functional groups attached to an aromatic ring is 1. The molecule has 0 saturated carbocycles. The highest BCUT2D eigenvalue weighted by Gasteiger charge is 2.16. The Morgan fingerprint density at radius 1 is 1.40 bits per heavy atom. The molecule has 20 heavy (non-hydrogen) atoms. The van der Waals surface area contributed by atoms with Gasteiger partial charge in [-0.15, -0.1) is 0 Å². The number of hydrogen-bond acceptors (Lipinski definition) is 4. The number of fused-ring (bicyclic) bond motifs is 1. The first kappa shape index (κ1) is 14.3. The third-order valence-corrected chi connectivity index (χ3v) is 3.08. The number of nitrogens with zero attached hydrogens (tertiary/aromatic N) is 2. The van der Waals surface area contributed by atoms with Gasteiger partial charge in [0.15, 0.2) is 0 Å². The van der Waals surface area contributed by atoms with E-state index in [1.807, 2.05) is 24.3 Å². The molecule has 0 unspecified atom stereocenters. The number of hydrogen-bond donors (Lipinski definition) is 2. The summed E-state index contributed by atoms with van der Waals surface area (Å²) in [5, 5.41) is 1.84. The number of anilines is 1. The van der Waals surface area contributed by atoms with E-state index in [0.29, 0.717) is 24.0 Å². The molecule has 2 rings (SSSR count). The van der Waals surface area contributed by atoms with Crippen molar-refractivity contribution in [1.29, 1.82) is 0 Å². The van der Waals surface area contributed by atoms with E-state index in [4.69, 9.17) is 5.84 Å². The molecule has 5 heteroatoms. The predicted octanol–water partition coefficient (Wildman–Crippen LogP) is 2.25. The highest BCUT2D eigenvalue weighted by atomic mass is 16.2.